The van der Waals surface area contributed by atoms with Crippen LogP contribution in [0.2, 0.25) is 0 Å². The van der Waals surface area contributed by atoms with Crippen molar-refractivity contribution in [3.05, 3.63) is 47.5 Å². The van der Waals surface area contributed by atoms with Crippen LogP contribution in [0.1, 0.15) is 15.9 Å². The van der Waals surface area contributed by atoms with E-state index in [1.807, 2.05) is 0 Å². The number of phosphoric ester groups is 1. The Morgan fingerprint density at radius 2 is 1.80 bits per heavy atom. The van der Waals surface area contributed by atoms with Crippen molar-refractivity contribution in [3.63, 3.8) is 0 Å². The zero-order valence-corrected chi connectivity index (χ0v) is 12.5. The first-order valence-electron chi connectivity index (χ1n) is 5.45. The molecule has 0 amide bonds. The number of carbonyl (C=O) groups is 1. The van der Waals surface area contributed by atoms with Crippen LogP contribution in [0.4, 0.5) is 0 Å². The molecule has 2 aromatic rings. The van der Waals surface area contributed by atoms with Crippen molar-refractivity contribution in [2.24, 2.45) is 0 Å². The van der Waals surface area contributed by atoms with E-state index in [1.165, 1.54) is 12.1 Å². The number of ketones is 1. The molecule has 1 aliphatic carbocycles. The number of carbonyl (C=O) groups excluding carboxylic acids is 1. The third-order valence-corrected chi connectivity index (χ3v) is 3.34. The Labute approximate surface area is 130 Å². The van der Waals surface area contributed by atoms with E-state index in [-0.39, 0.29) is 34.6 Å². The van der Waals surface area contributed by atoms with Crippen LogP contribution in [0.3, 0.4) is 0 Å². The van der Waals surface area contributed by atoms with E-state index in [0.29, 0.717) is 16.3 Å². The molecule has 0 saturated heterocycles. The summed E-state index contributed by atoms with van der Waals surface area (Å²) in [6.07, 6.45) is 3.10. The summed E-state index contributed by atoms with van der Waals surface area (Å²) in [5.74, 6) is -0.222. The summed E-state index contributed by atoms with van der Waals surface area (Å²) in [6.45, 7) is 0. The molecule has 20 heavy (non-hydrogen) atoms. The molecule has 0 fully saturated rings. The van der Waals surface area contributed by atoms with Gasteiger partial charge in [0.15, 0.2) is 5.78 Å². The van der Waals surface area contributed by atoms with Crippen molar-refractivity contribution in [1.82, 2.24) is 0 Å². The monoisotopic (exact) mass is 298 g/mol. The van der Waals surface area contributed by atoms with E-state index in [0.717, 1.165) is 5.56 Å². The third kappa shape index (κ3) is 2.66. The second-order valence-corrected chi connectivity index (χ2v) is 5.19. The van der Waals surface area contributed by atoms with E-state index in [4.69, 9.17) is 0 Å². The molecule has 0 N–H and O–H groups in total. The molecule has 0 aromatic heterocycles. The molecule has 1 aliphatic rings. The first-order chi connectivity index (χ1) is 8.96. The van der Waals surface area contributed by atoms with Gasteiger partial charge in [0.1, 0.15) is 13.6 Å². The van der Waals surface area contributed by atoms with Crippen molar-refractivity contribution in [2.75, 3.05) is 0 Å². The van der Waals surface area contributed by atoms with Crippen LogP contribution in [0, 0.1) is 0 Å². The predicted octanol–water partition coefficient (Wildman–Crippen LogP) is 0.876. The summed E-state index contributed by atoms with van der Waals surface area (Å²) in [5.41, 5.74) is 1.25. The van der Waals surface area contributed by atoms with Gasteiger partial charge in [0.25, 0.3) is 0 Å². The molecule has 0 atom stereocenters. The van der Waals surface area contributed by atoms with Gasteiger partial charge in [0, 0.05) is 16.3 Å². The van der Waals surface area contributed by atoms with Gasteiger partial charge in [-0.25, -0.2) is 0 Å². The predicted molar refractivity (Wildman–Crippen MR) is 71.3 cm³/mol. The smallest absolute Gasteiger partial charge is 0.780 e. The molecular weight excluding hydrogens is 291 g/mol. The largest absolute Gasteiger partial charge is 2.00 e. The average molecular weight is 298 g/mol. The van der Waals surface area contributed by atoms with Crippen molar-refractivity contribution in [3.8, 4) is 5.75 Å². The summed E-state index contributed by atoms with van der Waals surface area (Å²) < 4.78 is 15.2. The summed E-state index contributed by atoms with van der Waals surface area (Å²) in [7, 11) is -5.13. The van der Waals surface area contributed by atoms with Crippen LogP contribution in [0.25, 0.3) is 16.8 Å². The maximum Gasteiger partial charge on any atom is 2.00 e. The fraction of sp³-hybridized carbons (Fsp3) is 0. The zero-order chi connectivity index (χ0) is 13.6. The Hall–Kier alpha value is -1.17. The van der Waals surface area contributed by atoms with Crippen molar-refractivity contribution >= 4 is 53.5 Å². The SMILES string of the molecule is O=C1C=Cc2ccc(OP(=O)([O-])[O-])c3cccc1c23.[Mg+2]. The summed E-state index contributed by atoms with van der Waals surface area (Å²) in [5, 5.41) is 1.03. The van der Waals surface area contributed by atoms with Gasteiger partial charge >= 0.3 is 23.1 Å². The summed E-state index contributed by atoms with van der Waals surface area (Å²) in [6, 6.07) is 7.89. The van der Waals surface area contributed by atoms with Crippen LogP contribution in [-0.4, -0.2) is 28.8 Å². The molecule has 0 heterocycles. The van der Waals surface area contributed by atoms with Gasteiger partial charge < -0.3 is 18.9 Å². The quantitative estimate of drug-likeness (QED) is 0.606. The molecule has 5 nitrogen and oxygen atoms in total. The number of phosphoric acid groups is 1. The van der Waals surface area contributed by atoms with Crippen LogP contribution in [0.5, 0.6) is 5.75 Å². The number of hydrogen-bond donors (Lipinski definition) is 0. The fourth-order valence-corrected chi connectivity index (χ4v) is 2.61. The molecule has 7 heteroatoms. The van der Waals surface area contributed by atoms with E-state index >= 15 is 0 Å². The minimum atomic E-state index is -5.13. The van der Waals surface area contributed by atoms with Crippen LogP contribution in [-0.2, 0) is 4.57 Å². The van der Waals surface area contributed by atoms with Gasteiger partial charge in [-0.2, -0.15) is 0 Å². The minimum Gasteiger partial charge on any atom is -0.780 e. The van der Waals surface area contributed by atoms with Gasteiger partial charge in [-0.15, -0.1) is 0 Å². The molecule has 96 valence electrons. The van der Waals surface area contributed by atoms with E-state index < -0.39 is 7.82 Å². The molecule has 0 saturated carbocycles. The van der Waals surface area contributed by atoms with E-state index in [2.05, 4.69) is 4.52 Å². The number of rotatable bonds is 2. The van der Waals surface area contributed by atoms with Gasteiger partial charge in [-0.3, -0.25) is 4.79 Å². The Bertz CT molecular complexity index is 778. The summed E-state index contributed by atoms with van der Waals surface area (Å²) in [4.78, 5) is 33.2. The molecule has 2 aromatic carbocycles. The molecule has 0 aliphatic heterocycles. The number of hydrogen-bond acceptors (Lipinski definition) is 5. The standard InChI is InChI=1S/C13H9O5P.Mg/c14-11-6-4-8-5-7-12(18-19(15,16)17)10-3-1-2-9(11)13(8)10;/h1-7H,(H2,15,16,17);/q;+2/p-2. The first-order valence-corrected chi connectivity index (χ1v) is 6.91. The molecule has 0 bridgehead atoms. The third-order valence-electron chi connectivity index (χ3n) is 2.92. The molecule has 0 spiro atoms. The van der Waals surface area contributed by atoms with Crippen LogP contribution in [0.15, 0.2) is 36.4 Å². The fourth-order valence-electron chi connectivity index (χ4n) is 2.21. The molecular formula is C13H7MgO5P. The van der Waals surface area contributed by atoms with E-state index in [1.54, 1.807) is 30.3 Å². The average Bonchev–Trinajstić information content (AvgIpc) is 2.34. The molecule has 0 radical (unpaired) electrons. The Morgan fingerprint density at radius 3 is 2.50 bits per heavy atom. The normalized spacial score (nSPS) is 13.2. The van der Waals surface area contributed by atoms with Gasteiger partial charge in [0.2, 0.25) is 0 Å². The Balaban J connectivity index is 0.00000147. The second kappa shape index (κ2) is 5.31. The minimum absolute atomic E-state index is 0. The topological polar surface area (TPSA) is 89.5 Å². The summed E-state index contributed by atoms with van der Waals surface area (Å²) >= 11 is 0. The first kappa shape index (κ1) is 15.2. The van der Waals surface area contributed by atoms with Gasteiger partial charge in [-0.1, -0.05) is 30.3 Å². The maximum atomic E-state index is 11.8. The van der Waals surface area contributed by atoms with Gasteiger partial charge in [0.05, 0.1) is 0 Å². The van der Waals surface area contributed by atoms with Crippen molar-refractivity contribution in [2.45, 2.75) is 0 Å². The number of benzene rings is 2. The molecule has 3 rings (SSSR count). The number of allylic oxidation sites excluding steroid dienone is 1. The Morgan fingerprint density at radius 1 is 1.05 bits per heavy atom. The van der Waals surface area contributed by atoms with Crippen molar-refractivity contribution in [1.29, 1.82) is 0 Å². The van der Waals surface area contributed by atoms with Crippen molar-refractivity contribution < 1.29 is 23.7 Å². The molecule has 0 unspecified atom stereocenters. The Kier molecular flexibility index (Phi) is 4.04. The second-order valence-electron chi connectivity index (χ2n) is 4.12. The van der Waals surface area contributed by atoms with Crippen LogP contribution < -0.4 is 14.3 Å². The van der Waals surface area contributed by atoms with Crippen LogP contribution >= 0.6 is 7.82 Å². The van der Waals surface area contributed by atoms with E-state index in [9.17, 15) is 19.1 Å². The van der Waals surface area contributed by atoms with Gasteiger partial charge in [-0.05, 0) is 17.7 Å². The maximum absolute atomic E-state index is 11.8. The zero-order valence-electron chi connectivity index (χ0n) is 10.2.